The molecule has 0 saturated carbocycles. The zero-order valence-corrected chi connectivity index (χ0v) is 14.6. The monoisotopic (exact) mass is 330 g/mol. The maximum absolute atomic E-state index is 11.0. The average Bonchev–Trinajstić information content (AvgIpc) is 2.62. The smallest absolute Gasteiger partial charge is 0.310 e. The molecule has 0 radical (unpaired) electrons. The number of hydrogen-bond donors (Lipinski definition) is 0. The van der Waals surface area contributed by atoms with Crippen molar-refractivity contribution in [3.05, 3.63) is 71.8 Å². The molecule has 0 N–H and O–H groups in total. The predicted molar refractivity (Wildman–Crippen MR) is 94.7 cm³/mol. The molecule has 0 aromatic heterocycles. The van der Waals surface area contributed by atoms with Crippen molar-refractivity contribution in [2.45, 2.75) is 26.1 Å². The van der Waals surface area contributed by atoms with E-state index in [1.54, 1.807) is 14.2 Å². The fourth-order valence-electron chi connectivity index (χ4n) is 2.04. The molecular formula is C20H26O4. The third-order valence-corrected chi connectivity index (χ3v) is 3.27. The third-order valence-electron chi connectivity index (χ3n) is 3.27. The summed E-state index contributed by atoms with van der Waals surface area (Å²) in [5.74, 6) is -0.163. The Kier molecular flexibility index (Phi) is 10.2. The Bertz CT molecular complexity index is 550. The molecule has 0 aliphatic rings. The largest absolute Gasteiger partial charge is 0.466 e. The minimum absolute atomic E-state index is 0.132. The second kappa shape index (κ2) is 12.3. The Morgan fingerprint density at radius 1 is 0.875 bits per heavy atom. The summed E-state index contributed by atoms with van der Waals surface area (Å²) in [6, 6.07) is 19.7. The van der Waals surface area contributed by atoms with Crippen LogP contribution in [0.5, 0.6) is 0 Å². The highest BCUT2D eigenvalue weighted by Gasteiger charge is 2.04. The first-order valence-corrected chi connectivity index (χ1v) is 7.98. The number of methoxy groups -OCH3 is 2. The molecule has 0 fully saturated rings. The number of carbonyl (C=O) groups is 1. The number of carbonyl (C=O) groups excluding carboxylic acids is 1. The van der Waals surface area contributed by atoms with E-state index in [2.05, 4.69) is 12.1 Å². The minimum atomic E-state index is -0.163. The van der Waals surface area contributed by atoms with E-state index >= 15 is 0 Å². The van der Waals surface area contributed by atoms with Gasteiger partial charge < -0.3 is 14.2 Å². The van der Waals surface area contributed by atoms with Gasteiger partial charge in [-0.25, -0.2) is 0 Å². The number of hydrogen-bond acceptors (Lipinski definition) is 4. The van der Waals surface area contributed by atoms with Crippen LogP contribution >= 0.6 is 0 Å². The maximum Gasteiger partial charge on any atom is 0.310 e. The highest BCUT2D eigenvalue weighted by molar-refractivity contribution is 5.72. The standard InChI is InChI=1S/C10H14O2.C10H12O2/c1-11-10(12-2)8-9-6-4-3-5-7-9;1-2-12-10(11)8-9-6-4-3-5-7-9/h3-7,10H,8H2,1-2H3;3-7H,2,8H2,1H3. The zero-order valence-electron chi connectivity index (χ0n) is 14.6. The van der Waals surface area contributed by atoms with E-state index in [0.717, 1.165) is 12.0 Å². The van der Waals surface area contributed by atoms with Crippen molar-refractivity contribution in [2.24, 2.45) is 0 Å². The molecule has 0 aliphatic heterocycles. The van der Waals surface area contributed by atoms with Gasteiger partial charge in [0.25, 0.3) is 0 Å². The molecule has 0 aliphatic carbocycles. The summed E-state index contributed by atoms with van der Waals surface area (Å²) in [7, 11) is 3.30. The molecule has 4 heteroatoms. The van der Waals surface area contributed by atoms with Gasteiger partial charge in [0.2, 0.25) is 0 Å². The summed E-state index contributed by atoms with van der Waals surface area (Å²) in [6.07, 6.45) is 1.04. The summed E-state index contributed by atoms with van der Waals surface area (Å²) in [5.41, 5.74) is 2.22. The molecule has 0 atom stereocenters. The third kappa shape index (κ3) is 8.46. The second-order valence-corrected chi connectivity index (χ2v) is 5.06. The molecule has 24 heavy (non-hydrogen) atoms. The zero-order chi connectivity index (χ0) is 17.6. The van der Waals surface area contributed by atoms with Gasteiger partial charge in [-0.2, -0.15) is 0 Å². The fourth-order valence-corrected chi connectivity index (χ4v) is 2.04. The van der Waals surface area contributed by atoms with Crippen LogP contribution in [0, 0.1) is 0 Å². The summed E-state index contributed by atoms with van der Waals surface area (Å²) in [4.78, 5) is 11.0. The van der Waals surface area contributed by atoms with Crippen molar-refractivity contribution in [1.82, 2.24) is 0 Å². The molecule has 0 bridgehead atoms. The predicted octanol–water partition coefficient (Wildman–Crippen LogP) is 3.64. The van der Waals surface area contributed by atoms with E-state index < -0.39 is 0 Å². The quantitative estimate of drug-likeness (QED) is 0.574. The molecule has 130 valence electrons. The van der Waals surface area contributed by atoms with Crippen LogP contribution in [0.2, 0.25) is 0 Å². The van der Waals surface area contributed by atoms with E-state index in [1.165, 1.54) is 5.56 Å². The Balaban J connectivity index is 0.000000240. The van der Waals surface area contributed by atoms with Crippen molar-refractivity contribution in [1.29, 1.82) is 0 Å². The fraction of sp³-hybridized carbons (Fsp3) is 0.350. The lowest BCUT2D eigenvalue weighted by molar-refractivity contribution is -0.142. The lowest BCUT2D eigenvalue weighted by Crippen LogP contribution is -2.15. The van der Waals surface area contributed by atoms with Crippen molar-refractivity contribution in [2.75, 3.05) is 20.8 Å². The topological polar surface area (TPSA) is 44.8 Å². The van der Waals surface area contributed by atoms with E-state index in [0.29, 0.717) is 13.0 Å². The number of ether oxygens (including phenoxy) is 3. The van der Waals surface area contributed by atoms with Gasteiger partial charge in [0.15, 0.2) is 6.29 Å². The van der Waals surface area contributed by atoms with Crippen LogP contribution in [-0.4, -0.2) is 33.1 Å². The van der Waals surface area contributed by atoms with E-state index in [-0.39, 0.29) is 12.3 Å². The van der Waals surface area contributed by atoms with E-state index in [9.17, 15) is 4.79 Å². The van der Waals surface area contributed by atoms with Gasteiger partial charge in [0, 0.05) is 20.6 Å². The summed E-state index contributed by atoms with van der Waals surface area (Å²) in [5, 5.41) is 0. The number of rotatable bonds is 7. The summed E-state index contributed by atoms with van der Waals surface area (Å²) in [6.45, 7) is 2.26. The highest BCUT2D eigenvalue weighted by Crippen LogP contribution is 2.05. The maximum atomic E-state index is 11.0. The molecule has 0 unspecified atom stereocenters. The van der Waals surface area contributed by atoms with Crippen LogP contribution in [0.25, 0.3) is 0 Å². The average molecular weight is 330 g/mol. The van der Waals surface area contributed by atoms with Gasteiger partial charge in [-0.3, -0.25) is 4.79 Å². The molecule has 2 aromatic carbocycles. The first-order valence-electron chi connectivity index (χ1n) is 7.98. The Hall–Kier alpha value is -2.17. The van der Waals surface area contributed by atoms with Crippen LogP contribution in [0.15, 0.2) is 60.7 Å². The first-order chi connectivity index (χ1) is 11.7. The van der Waals surface area contributed by atoms with Crippen molar-refractivity contribution >= 4 is 5.97 Å². The molecule has 2 aromatic rings. The van der Waals surface area contributed by atoms with E-state index in [1.807, 2.05) is 55.5 Å². The van der Waals surface area contributed by atoms with Gasteiger partial charge in [-0.1, -0.05) is 60.7 Å². The van der Waals surface area contributed by atoms with Crippen molar-refractivity contribution in [3.8, 4) is 0 Å². The van der Waals surface area contributed by atoms with Crippen LogP contribution in [0.4, 0.5) is 0 Å². The molecule has 4 nitrogen and oxygen atoms in total. The first kappa shape index (κ1) is 19.9. The lowest BCUT2D eigenvalue weighted by Gasteiger charge is -2.12. The molecular weight excluding hydrogens is 304 g/mol. The van der Waals surface area contributed by atoms with Crippen LogP contribution < -0.4 is 0 Å². The van der Waals surface area contributed by atoms with Crippen molar-refractivity contribution in [3.63, 3.8) is 0 Å². The van der Waals surface area contributed by atoms with Gasteiger partial charge in [-0.15, -0.1) is 0 Å². The Morgan fingerprint density at radius 2 is 1.38 bits per heavy atom. The van der Waals surface area contributed by atoms with Gasteiger partial charge in [0.05, 0.1) is 13.0 Å². The van der Waals surface area contributed by atoms with Gasteiger partial charge in [0.1, 0.15) is 0 Å². The Morgan fingerprint density at radius 3 is 1.83 bits per heavy atom. The molecule has 2 rings (SSSR count). The Labute approximate surface area is 144 Å². The highest BCUT2D eigenvalue weighted by atomic mass is 16.7. The van der Waals surface area contributed by atoms with Crippen LogP contribution in [-0.2, 0) is 31.8 Å². The minimum Gasteiger partial charge on any atom is -0.466 e. The van der Waals surface area contributed by atoms with Crippen LogP contribution in [0.3, 0.4) is 0 Å². The SMILES string of the molecule is CCOC(=O)Cc1ccccc1.COC(Cc1ccccc1)OC. The number of benzene rings is 2. The summed E-state index contributed by atoms with van der Waals surface area (Å²) >= 11 is 0. The second-order valence-electron chi connectivity index (χ2n) is 5.06. The normalized spacial score (nSPS) is 10.0. The lowest BCUT2D eigenvalue weighted by atomic mass is 10.1. The molecule has 0 heterocycles. The molecule has 0 amide bonds. The molecule has 0 saturated heterocycles. The number of esters is 1. The van der Waals surface area contributed by atoms with Crippen molar-refractivity contribution < 1.29 is 19.0 Å². The van der Waals surface area contributed by atoms with Crippen LogP contribution in [0.1, 0.15) is 18.1 Å². The van der Waals surface area contributed by atoms with Gasteiger partial charge in [-0.05, 0) is 18.1 Å². The van der Waals surface area contributed by atoms with E-state index in [4.69, 9.17) is 14.2 Å². The van der Waals surface area contributed by atoms with Gasteiger partial charge >= 0.3 is 5.97 Å². The summed E-state index contributed by atoms with van der Waals surface area (Å²) < 4.78 is 15.0. The molecule has 0 spiro atoms.